The minimum Gasteiger partial charge on any atom is -0.481 e. The maximum Gasteiger partial charge on any atom is 0.311 e. The number of likely N-dealkylation sites (tertiary alicyclic amines) is 1. The fourth-order valence-corrected chi connectivity index (χ4v) is 2.24. The Morgan fingerprint density at radius 2 is 2.12 bits per heavy atom. The number of aliphatic carboxylic acids is 1. The van der Waals surface area contributed by atoms with E-state index in [0.717, 1.165) is 6.42 Å². The van der Waals surface area contributed by atoms with Crippen molar-refractivity contribution in [2.45, 2.75) is 33.1 Å². The number of hydrogen-bond donors (Lipinski definition) is 1. The van der Waals surface area contributed by atoms with E-state index in [0.29, 0.717) is 32.5 Å². The second-order valence-corrected chi connectivity index (χ2v) is 4.50. The fourth-order valence-electron chi connectivity index (χ4n) is 2.24. The van der Waals surface area contributed by atoms with Gasteiger partial charge in [0.1, 0.15) is 6.61 Å². The van der Waals surface area contributed by atoms with Gasteiger partial charge in [-0.3, -0.25) is 9.59 Å². The molecule has 1 N–H and O–H groups in total. The van der Waals surface area contributed by atoms with Crippen LogP contribution >= 0.6 is 0 Å². The first-order valence-electron chi connectivity index (χ1n) is 6.14. The van der Waals surface area contributed by atoms with Gasteiger partial charge in [0.05, 0.1) is 5.41 Å². The Morgan fingerprint density at radius 1 is 1.41 bits per heavy atom. The molecule has 1 rings (SSSR count). The molecule has 0 bridgehead atoms. The standard InChI is InChI=1S/C12H21NO4/c1-3-12(11(15)16)6-5-7-13(9-12)10(14)8-17-4-2/h3-9H2,1-2H3,(H,15,16). The van der Waals surface area contributed by atoms with Crippen molar-refractivity contribution in [1.82, 2.24) is 4.90 Å². The zero-order chi connectivity index (χ0) is 12.9. The molecule has 0 aromatic carbocycles. The Kier molecular flexibility index (Phi) is 4.93. The molecule has 17 heavy (non-hydrogen) atoms. The summed E-state index contributed by atoms with van der Waals surface area (Å²) in [5.41, 5.74) is -0.764. The number of carboxylic acid groups (broad SMARTS) is 1. The number of carboxylic acids is 1. The van der Waals surface area contributed by atoms with Crippen LogP contribution in [0.3, 0.4) is 0 Å². The summed E-state index contributed by atoms with van der Waals surface area (Å²) in [6.45, 7) is 5.20. The van der Waals surface area contributed by atoms with Gasteiger partial charge < -0.3 is 14.7 Å². The Labute approximate surface area is 102 Å². The summed E-state index contributed by atoms with van der Waals surface area (Å²) in [6.07, 6.45) is 1.95. The molecule has 5 heteroatoms. The maximum absolute atomic E-state index is 11.8. The van der Waals surface area contributed by atoms with Crippen molar-refractivity contribution >= 4 is 11.9 Å². The second kappa shape index (κ2) is 6.00. The second-order valence-electron chi connectivity index (χ2n) is 4.50. The molecule has 98 valence electrons. The van der Waals surface area contributed by atoms with E-state index in [1.807, 2.05) is 13.8 Å². The molecule has 1 unspecified atom stereocenters. The van der Waals surface area contributed by atoms with Crippen LogP contribution in [0.1, 0.15) is 33.1 Å². The van der Waals surface area contributed by atoms with Gasteiger partial charge in [-0.1, -0.05) is 6.92 Å². The van der Waals surface area contributed by atoms with Crippen LogP contribution in [0.4, 0.5) is 0 Å². The Bertz CT molecular complexity index is 292. The quantitative estimate of drug-likeness (QED) is 0.786. The summed E-state index contributed by atoms with van der Waals surface area (Å²) in [5, 5.41) is 9.30. The first-order chi connectivity index (χ1) is 8.05. The largest absolute Gasteiger partial charge is 0.481 e. The van der Waals surface area contributed by atoms with Crippen LogP contribution < -0.4 is 0 Å². The van der Waals surface area contributed by atoms with E-state index in [9.17, 15) is 14.7 Å². The number of rotatable bonds is 5. The zero-order valence-corrected chi connectivity index (χ0v) is 10.6. The van der Waals surface area contributed by atoms with Crippen molar-refractivity contribution in [3.63, 3.8) is 0 Å². The van der Waals surface area contributed by atoms with Crippen molar-refractivity contribution in [2.75, 3.05) is 26.3 Å². The molecular formula is C12H21NO4. The molecule has 0 aromatic rings. The topological polar surface area (TPSA) is 66.8 Å². The van der Waals surface area contributed by atoms with Crippen molar-refractivity contribution in [3.8, 4) is 0 Å². The van der Waals surface area contributed by atoms with E-state index < -0.39 is 11.4 Å². The molecule has 1 aliphatic rings. The highest BCUT2D eigenvalue weighted by Gasteiger charge is 2.41. The number of hydrogen-bond acceptors (Lipinski definition) is 3. The third-order valence-electron chi connectivity index (χ3n) is 3.49. The number of nitrogens with zero attached hydrogens (tertiary/aromatic N) is 1. The molecule has 1 amide bonds. The SMILES string of the molecule is CCOCC(=O)N1CCCC(CC)(C(=O)O)C1. The summed E-state index contributed by atoms with van der Waals surface area (Å²) in [7, 11) is 0. The molecule has 0 radical (unpaired) electrons. The predicted molar refractivity (Wildman–Crippen MR) is 62.7 cm³/mol. The third kappa shape index (κ3) is 3.19. The van der Waals surface area contributed by atoms with Crippen molar-refractivity contribution in [1.29, 1.82) is 0 Å². The van der Waals surface area contributed by atoms with Gasteiger partial charge in [0, 0.05) is 19.7 Å². The summed E-state index contributed by atoms with van der Waals surface area (Å²) >= 11 is 0. The summed E-state index contributed by atoms with van der Waals surface area (Å²) in [5.74, 6) is -0.903. The van der Waals surface area contributed by atoms with E-state index in [-0.39, 0.29) is 12.5 Å². The molecule has 0 spiro atoms. The van der Waals surface area contributed by atoms with Crippen LogP contribution in [0.2, 0.25) is 0 Å². The molecule has 1 heterocycles. The molecule has 1 atom stereocenters. The average molecular weight is 243 g/mol. The first kappa shape index (κ1) is 14.0. The number of carbonyl (C=O) groups is 2. The molecular weight excluding hydrogens is 222 g/mol. The number of ether oxygens (including phenoxy) is 1. The first-order valence-corrected chi connectivity index (χ1v) is 6.14. The normalized spacial score (nSPS) is 24.7. The van der Waals surface area contributed by atoms with Gasteiger partial charge in [0.2, 0.25) is 5.91 Å². The highest BCUT2D eigenvalue weighted by atomic mass is 16.5. The van der Waals surface area contributed by atoms with Gasteiger partial charge >= 0.3 is 5.97 Å². The molecule has 0 aromatic heterocycles. The minimum absolute atomic E-state index is 0.0515. The summed E-state index contributed by atoms with van der Waals surface area (Å²) < 4.78 is 5.07. The van der Waals surface area contributed by atoms with Gasteiger partial charge in [0.15, 0.2) is 0 Å². The third-order valence-corrected chi connectivity index (χ3v) is 3.49. The van der Waals surface area contributed by atoms with E-state index >= 15 is 0 Å². The van der Waals surface area contributed by atoms with Crippen LogP contribution in [0, 0.1) is 5.41 Å². The molecule has 5 nitrogen and oxygen atoms in total. The Morgan fingerprint density at radius 3 is 2.65 bits per heavy atom. The van der Waals surface area contributed by atoms with Crippen LogP contribution in [0.15, 0.2) is 0 Å². The molecule has 0 aliphatic carbocycles. The van der Waals surface area contributed by atoms with Gasteiger partial charge in [-0.2, -0.15) is 0 Å². The lowest BCUT2D eigenvalue weighted by atomic mass is 9.77. The smallest absolute Gasteiger partial charge is 0.311 e. The van der Waals surface area contributed by atoms with Gasteiger partial charge in [-0.15, -0.1) is 0 Å². The highest BCUT2D eigenvalue weighted by Crippen LogP contribution is 2.33. The van der Waals surface area contributed by atoms with E-state index in [2.05, 4.69) is 0 Å². The predicted octanol–water partition coefficient (Wildman–Crippen LogP) is 1.13. The van der Waals surface area contributed by atoms with Crippen LogP contribution in [-0.2, 0) is 14.3 Å². The number of piperidine rings is 1. The van der Waals surface area contributed by atoms with Crippen molar-refractivity contribution < 1.29 is 19.4 Å². The monoisotopic (exact) mass is 243 g/mol. The van der Waals surface area contributed by atoms with E-state index in [1.165, 1.54) is 0 Å². The lowest BCUT2D eigenvalue weighted by Crippen LogP contribution is -2.50. The van der Waals surface area contributed by atoms with Crippen molar-refractivity contribution in [3.05, 3.63) is 0 Å². The molecule has 1 aliphatic heterocycles. The van der Waals surface area contributed by atoms with Gasteiger partial charge in [0.25, 0.3) is 0 Å². The van der Waals surface area contributed by atoms with Crippen LogP contribution in [0.25, 0.3) is 0 Å². The lowest BCUT2D eigenvalue weighted by Gasteiger charge is -2.39. The highest BCUT2D eigenvalue weighted by molar-refractivity contribution is 5.80. The number of amides is 1. The minimum atomic E-state index is -0.797. The molecule has 1 fully saturated rings. The molecule has 0 saturated carbocycles. The Balaban J connectivity index is 2.65. The average Bonchev–Trinajstić information content (AvgIpc) is 2.35. The summed E-state index contributed by atoms with van der Waals surface area (Å²) in [4.78, 5) is 24.7. The van der Waals surface area contributed by atoms with Gasteiger partial charge in [-0.25, -0.2) is 0 Å². The van der Waals surface area contributed by atoms with E-state index in [1.54, 1.807) is 4.90 Å². The number of carbonyl (C=O) groups excluding carboxylic acids is 1. The maximum atomic E-state index is 11.8. The summed E-state index contributed by atoms with van der Waals surface area (Å²) in [6, 6.07) is 0. The lowest BCUT2D eigenvalue weighted by molar-refractivity contribution is -0.156. The zero-order valence-electron chi connectivity index (χ0n) is 10.6. The van der Waals surface area contributed by atoms with Gasteiger partial charge in [-0.05, 0) is 26.2 Å². The Hall–Kier alpha value is -1.10. The van der Waals surface area contributed by atoms with Crippen molar-refractivity contribution in [2.24, 2.45) is 5.41 Å². The van der Waals surface area contributed by atoms with E-state index in [4.69, 9.17) is 4.74 Å². The fraction of sp³-hybridized carbons (Fsp3) is 0.833. The van der Waals surface area contributed by atoms with Crippen LogP contribution in [-0.4, -0.2) is 48.2 Å². The molecule has 1 saturated heterocycles. The van der Waals surface area contributed by atoms with Crippen LogP contribution in [0.5, 0.6) is 0 Å².